The molecule has 0 aromatic heterocycles. The molecule has 0 aromatic rings. The van der Waals surface area contributed by atoms with Crippen molar-refractivity contribution in [3.05, 3.63) is 59.0 Å². The molecule has 0 atom stereocenters. The zero-order valence-corrected chi connectivity index (χ0v) is 25.5. The fourth-order valence-electron chi connectivity index (χ4n) is 2.61. The minimum absolute atomic E-state index is 1.02. The number of rotatable bonds is 12. The van der Waals surface area contributed by atoms with Crippen LogP contribution in [0.2, 0.25) is 0 Å². The Balaban J connectivity index is -0.000000337. The Morgan fingerprint density at radius 1 is 0.710 bits per heavy atom. The zero-order valence-electron chi connectivity index (χ0n) is 21.9. The van der Waals surface area contributed by atoms with E-state index in [1.807, 2.05) is 18.2 Å². The molecule has 0 unspecified atom stereocenters. The molecule has 31 heavy (non-hydrogen) atoms. The fourth-order valence-corrected chi connectivity index (χ4v) is 3.33. The van der Waals surface area contributed by atoms with E-state index in [1.54, 1.807) is 3.33 Å². The first kappa shape index (κ1) is 35.0. The second-order valence-corrected chi connectivity index (χ2v) is 9.26. The third kappa shape index (κ3) is 23.9. The second kappa shape index (κ2) is 27.5. The van der Waals surface area contributed by atoms with Gasteiger partial charge in [-0.3, -0.25) is 0 Å². The normalized spacial score (nSPS) is 11.9. The Labute approximate surface area is 211 Å². The molecule has 0 amide bonds. The summed E-state index contributed by atoms with van der Waals surface area (Å²) in [6.45, 7) is 35.9. The number of likely N-dealkylation sites (N-methyl/N-ethyl adjacent to an activating group) is 3. The quantitative estimate of drug-likeness (QED) is 0.193. The summed E-state index contributed by atoms with van der Waals surface area (Å²) in [5, 5.41) is 0. The molecule has 1 aliphatic rings. The van der Waals surface area contributed by atoms with Gasteiger partial charge in [0.25, 0.3) is 0 Å². The SMILES string of the molecule is C=CCN(CC)CC.C=CCN(CC)CC.C=CCN(CC)CC.CC1=[C]([Hf])CC=C1. The van der Waals surface area contributed by atoms with Crippen LogP contribution in [0.15, 0.2) is 59.0 Å². The van der Waals surface area contributed by atoms with E-state index < -0.39 is 0 Å². The topological polar surface area (TPSA) is 9.72 Å². The summed E-state index contributed by atoms with van der Waals surface area (Å²) < 4.78 is 1.65. The number of nitrogens with zero attached hydrogens (tertiary/aromatic N) is 3. The van der Waals surface area contributed by atoms with Gasteiger partial charge in [-0.2, -0.15) is 0 Å². The van der Waals surface area contributed by atoms with E-state index in [4.69, 9.17) is 0 Å². The van der Waals surface area contributed by atoms with Crippen molar-refractivity contribution in [2.45, 2.75) is 54.9 Å². The van der Waals surface area contributed by atoms with Gasteiger partial charge in [-0.1, -0.05) is 59.8 Å². The van der Waals surface area contributed by atoms with Gasteiger partial charge in [0.1, 0.15) is 0 Å². The second-order valence-electron chi connectivity index (χ2n) is 7.09. The van der Waals surface area contributed by atoms with E-state index in [9.17, 15) is 0 Å². The van der Waals surface area contributed by atoms with Crippen molar-refractivity contribution < 1.29 is 24.4 Å². The van der Waals surface area contributed by atoms with Gasteiger partial charge in [0.05, 0.1) is 0 Å². The van der Waals surface area contributed by atoms with Gasteiger partial charge >= 0.3 is 58.8 Å². The predicted molar refractivity (Wildman–Crippen MR) is 140 cm³/mol. The summed E-state index contributed by atoms with van der Waals surface area (Å²) in [7, 11) is 0. The van der Waals surface area contributed by atoms with E-state index in [0.717, 1.165) is 58.9 Å². The van der Waals surface area contributed by atoms with E-state index in [2.05, 4.69) is 95.1 Å². The molecule has 0 saturated carbocycles. The Bertz CT molecular complexity index is 428. The summed E-state index contributed by atoms with van der Waals surface area (Å²) in [6, 6.07) is 0. The van der Waals surface area contributed by atoms with Crippen LogP contribution < -0.4 is 0 Å². The summed E-state index contributed by atoms with van der Waals surface area (Å²) in [4.78, 5) is 6.94. The average molecular weight is 597 g/mol. The predicted octanol–water partition coefficient (Wildman–Crippen LogP) is 6.31. The van der Waals surface area contributed by atoms with Crippen LogP contribution in [0.3, 0.4) is 0 Å². The molecule has 1 aliphatic carbocycles. The van der Waals surface area contributed by atoms with Gasteiger partial charge in [0, 0.05) is 19.6 Å². The molecule has 0 heterocycles. The summed E-state index contributed by atoms with van der Waals surface area (Å²) in [5.41, 5.74) is 1.51. The van der Waals surface area contributed by atoms with Crippen molar-refractivity contribution in [1.82, 2.24) is 14.7 Å². The molecule has 0 aromatic carbocycles. The molecule has 1 rings (SSSR count). The van der Waals surface area contributed by atoms with Crippen LogP contribution in [0.1, 0.15) is 54.9 Å². The van der Waals surface area contributed by atoms with Crippen molar-refractivity contribution in [3.8, 4) is 0 Å². The molecule has 179 valence electrons. The van der Waals surface area contributed by atoms with Gasteiger partial charge in [-0.05, 0) is 39.3 Å². The molecule has 3 nitrogen and oxygen atoms in total. The standard InChI is InChI=1S/3C7H15N.C6H7.Hf/c3*1-4-7-8(5-2)6-3;1-6-4-2-3-5-6;/h3*4H,1,5-7H2,2-3H3;2,4H,3H2,1H3;. The van der Waals surface area contributed by atoms with E-state index in [-0.39, 0.29) is 0 Å². The van der Waals surface area contributed by atoms with Crippen molar-refractivity contribution in [2.75, 3.05) is 58.9 Å². The van der Waals surface area contributed by atoms with Crippen LogP contribution in [-0.2, 0) is 24.4 Å². The molecule has 0 radical (unpaired) electrons. The maximum absolute atomic E-state index is 3.65. The number of hydrogen-bond acceptors (Lipinski definition) is 3. The van der Waals surface area contributed by atoms with E-state index in [0.29, 0.717) is 0 Å². The fraction of sp³-hybridized carbons (Fsp3) is 0.630. The van der Waals surface area contributed by atoms with Gasteiger partial charge in [-0.25, -0.2) is 0 Å². The van der Waals surface area contributed by atoms with E-state index in [1.165, 1.54) is 36.4 Å². The number of allylic oxidation sites excluding steroid dienone is 4. The Hall–Kier alpha value is -0.550. The van der Waals surface area contributed by atoms with Gasteiger partial charge in [-0.15, -0.1) is 19.7 Å². The molecule has 0 spiro atoms. The summed E-state index contributed by atoms with van der Waals surface area (Å²) >= 11 is 1.25. The Morgan fingerprint density at radius 2 is 1.00 bits per heavy atom. The summed E-state index contributed by atoms with van der Waals surface area (Å²) in [5.74, 6) is 0. The maximum atomic E-state index is 3.65. The Morgan fingerprint density at radius 3 is 1.06 bits per heavy atom. The Kier molecular flexibility index (Phi) is 31.1. The van der Waals surface area contributed by atoms with Gasteiger partial charge < -0.3 is 14.7 Å². The van der Waals surface area contributed by atoms with E-state index >= 15 is 0 Å². The van der Waals surface area contributed by atoms with Crippen LogP contribution in [0.25, 0.3) is 0 Å². The van der Waals surface area contributed by atoms with Crippen LogP contribution in [0, 0.1) is 0 Å². The molecule has 0 fully saturated rings. The van der Waals surface area contributed by atoms with Crippen LogP contribution in [0.4, 0.5) is 0 Å². The summed E-state index contributed by atoms with van der Waals surface area (Å²) in [6.07, 6.45) is 11.5. The first-order valence-corrected chi connectivity index (χ1v) is 13.7. The molecular formula is C27H52HfN3. The first-order valence-electron chi connectivity index (χ1n) is 11.9. The van der Waals surface area contributed by atoms with Gasteiger partial charge in [0.15, 0.2) is 0 Å². The third-order valence-electron chi connectivity index (χ3n) is 5.01. The molecule has 0 bridgehead atoms. The van der Waals surface area contributed by atoms with Crippen molar-refractivity contribution in [1.29, 1.82) is 0 Å². The molecular weight excluding hydrogens is 545 g/mol. The first-order chi connectivity index (χ1) is 14.8. The van der Waals surface area contributed by atoms with Crippen molar-refractivity contribution in [2.24, 2.45) is 0 Å². The van der Waals surface area contributed by atoms with Crippen molar-refractivity contribution in [3.63, 3.8) is 0 Å². The molecule has 4 heteroatoms. The van der Waals surface area contributed by atoms with Crippen molar-refractivity contribution >= 4 is 0 Å². The molecule has 0 N–H and O–H groups in total. The van der Waals surface area contributed by atoms with Crippen LogP contribution in [0.5, 0.6) is 0 Å². The van der Waals surface area contributed by atoms with Gasteiger partial charge in [0.2, 0.25) is 0 Å². The number of hydrogen-bond donors (Lipinski definition) is 0. The van der Waals surface area contributed by atoms with Crippen LogP contribution >= 0.6 is 0 Å². The molecule has 0 aliphatic heterocycles. The minimum atomic E-state index is 1.02. The monoisotopic (exact) mass is 598 g/mol. The average Bonchev–Trinajstić information content (AvgIpc) is 3.17. The zero-order chi connectivity index (χ0) is 24.5. The van der Waals surface area contributed by atoms with Crippen LogP contribution in [-0.4, -0.2) is 73.6 Å². The third-order valence-corrected chi connectivity index (χ3v) is 7.16. The molecule has 0 saturated heterocycles.